The van der Waals surface area contributed by atoms with E-state index < -0.39 is 0 Å². The second kappa shape index (κ2) is 10.8. The molecule has 0 saturated carbocycles. The van der Waals surface area contributed by atoms with E-state index in [4.69, 9.17) is 0 Å². The van der Waals surface area contributed by atoms with Crippen LogP contribution < -0.4 is 10.6 Å². The molecule has 2 aromatic heterocycles. The van der Waals surface area contributed by atoms with E-state index in [9.17, 15) is 4.79 Å². The minimum atomic E-state index is -0.152. The minimum Gasteiger partial charge on any atom is -0.357 e. The third-order valence-corrected chi connectivity index (χ3v) is 4.38. The molecule has 0 spiro atoms. The van der Waals surface area contributed by atoms with Gasteiger partial charge < -0.3 is 20.5 Å². The van der Waals surface area contributed by atoms with Crippen LogP contribution in [-0.4, -0.2) is 58.4 Å². The summed E-state index contributed by atoms with van der Waals surface area (Å²) in [7, 11) is 1.96. The number of H-pyrrole nitrogens is 1. The Hall–Kier alpha value is -3.68. The second-order valence-electron chi connectivity index (χ2n) is 6.70. The van der Waals surface area contributed by atoms with Crippen LogP contribution >= 0.6 is 0 Å². The number of aliphatic imine (C=N–C) groups is 1. The van der Waals surface area contributed by atoms with E-state index in [0.29, 0.717) is 25.2 Å². The van der Waals surface area contributed by atoms with Crippen molar-refractivity contribution in [1.29, 1.82) is 0 Å². The van der Waals surface area contributed by atoms with Crippen molar-refractivity contribution in [3.8, 4) is 11.3 Å². The Morgan fingerprint density at radius 3 is 2.70 bits per heavy atom. The van der Waals surface area contributed by atoms with Crippen LogP contribution in [0.15, 0.2) is 66.0 Å². The number of amides is 1. The largest absolute Gasteiger partial charge is 0.357 e. The first kappa shape index (κ1) is 21.0. The summed E-state index contributed by atoms with van der Waals surface area (Å²) in [5, 5.41) is 6.13. The quantitative estimate of drug-likeness (QED) is 0.303. The lowest BCUT2D eigenvalue weighted by Crippen LogP contribution is -2.39. The zero-order valence-corrected chi connectivity index (χ0v) is 17.3. The van der Waals surface area contributed by atoms with Crippen molar-refractivity contribution < 1.29 is 4.79 Å². The number of hydrogen-bond donors (Lipinski definition) is 3. The zero-order chi connectivity index (χ0) is 21.2. The van der Waals surface area contributed by atoms with E-state index in [2.05, 4.69) is 30.6 Å². The van der Waals surface area contributed by atoms with Crippen molar-refractivity contribution >= 4 is 11.9 Å². The monoisotopic (exact) mass is 405 g/mol. The molecule has 3 rings (SSSR count). The summed E-state index contributed by atoms with van der Waals surface area (Å²) in [5.74, 6) is 1.46. The maximum atomic E-state index is 12.1. The van der Waals surface area contributed by atoms with Gasteiger partial charge in [-0.3, -0.25) is 14.8 Å². The van der Waals surface area contributed by atoms with E-state index in [0.717, 1.165) is 29.6 Å². The Morgan fingerprint density at radius 2 is 1.97 bits per heavy atom. The fourth-order valence-corrected chi connectivity index (χ4v) is 2.91. The highest BCUT2D eigenvalue weighted by atomic mass is 16.1. The highest BCUT2D eigenvalue weighted by Gasteiger charge is 2.10. The van der Waals surface area contributed by atoms with Gasteiger partial charge in [0, 0.05) is 32.5 Å². The van der Waals surface area contributed by atoms with Gasteiger partial charge in [0.2, 0.25) is 0 Å². The Balaban J connectivity index is 1.54. The molecule has 0 saturated heterocycles. The number of rotatable bonds is 8. The summed E-state index contributed by atoms with van der Waals surface area (Å²) in [6, 6.07) is 13.6. The number of pyridine rings is 1. The maximum Gasteiger partial charge on any atom is 0.252 e. The molecule has 0 unspecified atom stereocenters. The van der Waals surface area contributed by atoms with Crippen LogP contribution in [0.4, 0.5) is 0 Å². The van der Waals surface area contributed by atoms with Gasteiger partial charge >= 0.3 is 0 Å². The summed E-state index contributed by atoms with van der Waals surface area (Å²) in [6.45, 7) is 4.26. The van der Waals surface area contributed by atoms with Gasteiger partial charge in [0.05, 0.1) is 30.5 Å². The van der Waals surface area contributed by atoms with Gasteiger partial charge in [-0.15, -0.1) is 0 Å². The molecular weight excluding hydrogens is 378 g/mol. The fraction of sp³-hybridized carbons (Fsp3) is 0.273. The van der Waals surface area contributed by atoms with Crippen molar-refractivity contribution in [2.24, 2.45) is 4.99 Å². The number of imidazole rings is 1. The topological polar surface area (TPSA) is 98.3 Å². The van der Waals surface area contributed by atoms with E-state index in [-0.39, 0.29) is 5.91 Å². The number of aromatic nitrogens is 3. The average Bonchev–Trinajstić information content (AvgIpc) is 3.25. The lowest BCUT2D eigenvalue weighted by Gasteiger charge is -2.21. The van der Waals surface area contributed by atoms with Gasteiger partial charge in [0.1, 0.15) is 5.82 Å². The molecule has 0 fully saturated rings. The van der Waals surface area contributed by atoms with E-state index in [1.165, 1.54) is 0 Å². The molecule has 8 heteroatoms. The Bertz CT molecular complexity index is 954. The molecule has 2 heterocycles. The fourth-order valence-electron chi connectivity index (χ4n) is 2.91. The molecule has 1 amide bonds. The van der Waals surface area contributed by atoms with Crippen LogP contribution in [-0.2, 0) is 6.54 Å². The normalized spacial score (nSPS) is 11.2. The molecule has 1 aromatic carbocycles. The highest BCUT2D eigenvalue weighted by molar-refractivity contribution is 5.93. The Kier molecular flexibility index (Phi) is 7.54. The molecule has 0 bridgehead atoms. The molecular formula is C22H27N7O. The SMILES string of the molecule is CCNC(=NCCNC(=O)c1cccnc1)N(C)Cc1ncc(-c2ccccc2)[nH]1. The molecule has 0 atom stereocenters. The third-order valence-electron chi connectivity index (χ3n) is 4.38. The summed E-state index contributed by atoms with van der Waals surface area (Å²) >= 11 is 0. The predicted molar refractivity (Wildman–Crippen MR) is 118 cm³/mol. The van der Waals surface area contributed by atoms with Crippen molar-refractivity contribution in [3.05, 3.63) is 72.4 Å². The Morgan fingerprint density at radius 1 is 1.13 bits per heavy atom. The first-order valence-corrected chi connectivity index (χ1v) is 9.94. The number of carbonyl (C=O) groups is 1. The van der Waals surface area contributed by atoms with Crippen LogP contribution in [0.3, 0.4) is 0 Å². The number of benzene rings is 1. The van der Waals surface area contributed by atoms with Gasteiger partial charge in [0.25, 0.3) is 5.91 Å². The molecule has 0 aliphatic rings. The molecule has 0 aliphatic carbocycles. The van der Waals surface area contributed by atoms with Crippen molar-refractivity contribution in [2.45, 2.75) is 13.5 Å². The molecule has 3 aromatic rings. The number of guanidine groups is 1. The highest BCUT2D eigenvalue weighted by Crippen LogP contribution is 2.16. The summed E-state index contributed by atoms with van der Waals surface area (Å²) in [5.41, 5.74) is 2.63. The second-order valence-corrected chi connectivity index (χ2v) is 6.70. The van der Waals surface area contributed by atoms with Crippen molar-refractivity contribution in [3.63, 3.8) is 0 Å². The number of hydrogen-bond acceptors (Lipinski definition) is 4. The van der Waals surface area contributed by atoms with E-state index >= 15 is 0 Å². The summed E-state index contributed by atoms with van der Waals surface area (Å²) in [6.07, 6.45) is 5.03. The van der Waals surface area contributed by atoms with Crippen LogP contribution in [0.5, 0.6) is 0 Å². The predicted octanol–water partition coefficient (Wildman–Crippen LogP) is 2.30. The number of carbonyl (C=O) groups excluding carboxylic acids is 1. The number of aromatic amines is 1. The first-order valence-electron chi connectivity index (χ1n) is 9.94. The van der Waals surface area contributed by atoms with Crippen LogP contribution in [0, 0.1) is 0 Å². The minimum absolute atomic E-state index is 0.152. The van der Waals surface area contributed by atoms with Crippen LogP contribution in [0.1, 0.15) is 23.1 Å². The van der Waals surface area contributed by atoms with Gasteiger partial charge in [-0.1, -0.05) is 30.3 Å². The van der Waals surface area contributed by atoms with Gasteiger partial charge in [-0.05, 0) is 24.6 Å². The van der Waals surface area contributed by atoms with Crippen LogP contribution in [0.25, 0.3) is 11.3 Å². The molecule has 0 aliphatic heterocycles. The molecule has 8 nitrogen and oxygen atoms in total. The molecule has 156 valence electrons. The zero-order valence-electron chi connectivity index (χ0n) is 17.3. The van der Waals surface area contributed by atoms with Gasteiger partial charge in [-0.2, -0.15) is 0 Å². The van der Waals surface area contributed by atoms with Crippen LogP contribution in [0.2, 0.25) is 0 Å². The average molecular weight is 406 g/mol. The molecule has 30 heavy (non-hydrogen) atoms. The molecule has 0 radical (unpaired) electrons. The van der Waals surface area contributed by atoms with E-state index in [1.54, 1.807) is 24.5 Å². The van der Waals surface area contributed by atoms with Crippen molar-refractivity contribution in [1.82, 2.24) is 30.5 Å². The number of nitrogens with one attached hydrogen (secondary N) is 3. The van der Waals surface area contributed by atoms with Gasteiger partial charge in [-0.25, -0.2) is 4.98 Å². The summed E-state index contributed by atoms with van der Waals surface area (Å²) < 4.78 is 0. The lowest BCUT2D eigenvalue weighted by molar-refractivity contribution is 0.0954. The number of nitrogens with zero attached hydrogens (tertiary/aromatic N) is 4. The first-order chi connectivity index (χ1) is 14.7. The smallest absolute Gasteiger partial charge is 0.252 e. The lowest BCUT2D eigenvalue weighted by atomic mass is 10.2. The van der Waals surface area contributed by atoms with E-state index in [1.807, 2.05) is 55.4 Å². The third kappa shape index (κ3) is 5.91. The molecule has 3 N–H and O–H groups in total. The maximum absolute atomic E-state index is 12.1. The Labute approximate surface area is 176 Å². The standard InChI is InChI=1S/C22H27N7O/c1-3-24-22(26-13-12-25-21(30)18-10-7-11-23-14-18)29(2)16-20-27-15-19(28-20)17-8-5-4-6-9-17/h4-11,14-15H,3,12-13,16H2,1-2H3,(H,24,26)(H,25,30)(H,27,28). The summed E-state index contributed by atoms with van der Waals surface area (Å²) in [4.78, 5) is 30.5. The van der Waals surface area contributed by atoms with Gasteiger partial charge in [0.15, 0.2) is 5.96 Å². The van der Waals surface area contributed by atoms with Crippen molar-refractivity contribution in [2.75, 3.05) is 26.7 Å².